The molecule has 0 spiro atoms. The van der Waals surface area contributed by atoms with E-state index in [9.17, 15) is 5.11 Å². The lowest BCUT2D eigenvalue weighted by atomic mass is 9.83. The lowest BCUT2D eigenvalue weighted by Crippen LogP contribution is -2.41. The number of imidazole rings is 1. The second kappa shape index (κ2) is 9.91. The number of benzene rings is 1. The second-order valence-electron chi connectivity index (χ2n) is 11.1. The fourth-order valence-electron chi connectivity index (χ4n) is 5.88. The summed E-state index contributed by atoms with van der Waals surface area (Å²) in [6.07, 6.45) is 1.98. The molecule has 38 heavy (non-hydrogen) atoms. The van der Waals surface area contributed by atoms with Crippen molar-refractivity contribution in [3.05, 3.63) is 30.1 Å². The van der Waals surface area contributed by atoms with E-state index in [0.29, 0.717) is 25.0 Å². The van der Waals surface area contributed by atoms with E-state index in [1.165, 1.54) is 0 Å². The Morgan fingerprint density at radius 1 is 1.03 bits per heavy atom. The number of aliphatic hydroxyl groups is 1. The number of hydrogen-bond donors (Lipinski definition) is 1. The fraction of sp³-hybridized carbons (Fsp3) is 0.571. The maximum absolute atomic E-state index is 10.4. The average Bonchev–Trinajstić information content (AvgIpc) is 3.46. The fourth-order valence-corrected chi connectivity index (χ4v) is 5.88. The van der Waals surface area contributed by atoms with Crippen molar-refractivity contribution in [1.82, 2.24) is 34.2 Å². The third kappa shape index (κ3) is 4.54. The van der Waals surface area contributed by atoms with Crippen LogP contribution in [0.25, 0.3) is 33.6 Å². The van der Waals surface area contributed by atoms with Gasteiger partial charge in [0.25, 0.3) is 0 Å². The Morgan fingerprint density at radius 2 is 1.76 bits per heavy atom. The largest absolute Gasteiger partial charge is 0.390 e. The number of ether oxygens (including phenoxy) is 1. The van der Waals surface area contributed by atoms with Gasteiger partial charge in [-0.25, -0.2) is 15.0 Å². The molecule has 202 valence electrons. The number of morpholine rings is 1. The molecule has 2 saturated heterocycles. The molecule has 0 amide bonds. The number of hydrogen-bond acceptors (Lipinski definition) is 8. The number of fused-ring (bicyclic) bond motifs is 2. The predicted octanol–water partition coefficient (Wildman–Crippen LogP) is 3.22. The normalized spacial score (nSPS) is 18.2. The van der Waals surface area contributed by atoms with Crippen molar-refractivity contribution in [3.63, 3.8) is 0 Å². The number of aryl methyl sites for hydroxylation is 2. The van der Waals surface area contributed by atoms with Crippen LogP contribution in [0.1, 0.15) is 39.4 Å². The number of likely N-dealkylation sites (tertiary alicyclic amines) is 1. The minimum Gasteiger partial charge on any atom is -0.390 e. The number of rotatable bonds is 6. The molecular weight excluding hydrogens is 480 g/mol. The van der Waals surface area contributed by atoms with Gasteiger partial charge in [0.05, 0.1) is 30.9 Å². The molecule has 3 aromatic heterocycles. The molecule has 10 heteroatoms. The standard InChI is InChI=1S/C28H38N8O2/c1-5-36-24(20-8-6-7-9-21(20)32-36)25-30-26-23(27(31-25)35-14-16-38-17-15-35)29-22(33(26)4)18-34-12-10-19(11-13-34)28(2,3)37/h6-9,19,37H,5,10-18H2,1-4H3. The van der Waals surface area contributed by atoms with Gasteiger partial charge < -0.3 is 19.3 Å². The van der Waals surface area contributed by atoms with Crippen LogP contribution >= 0.6 is 0 Å². The molecule has 1 N–H and O–H groups in total. The Labute approximate surface area is 223 Å². The van der Waals surface area contributed by atoms with Crippen LogP contribution in [0.2, 0.25) is 0 Å². The van der Waals surface area contributed by atoms with Gasteiger partial charge in [0.2, 0.25) is 0 Å². The molecule has 2 aliphatic heterocycles. The van der Waals surface area contributed by atoms with Gasteiger partial charge in [0, 0.05) is 32.1 Å². The first-order valence-electron chi connectivity index (χ1n) is 13.8. The highest BCUT2D eigenvalue weighted by molar-refractivity contribution is 5.94. The van der Waals surface area contributed by atoms with Gasteiger partial charge in [-0.1, -0.05) is 18.2 Å². The molecule has 0 radical (unpaired) electrons. The van der Waals surface area contributed by atoms with Crippen LogP contribution in [0, 0.1) is 5.92 Å². The monoisotopic (exact) mass is 518 g/mol. The van der Waals surface area contributed by atoms with Crippen LogP contribution in [-0.4, -0.2) is 84.3 Å². The van der Waals surface area contributed by atoms with Gasteiger partial charge in [-0.05, 0) is 58.7 Å². The number of piperidine rings is 1. The van der Waals surface area contributed by atoms with E-state index in [1.54, 1.807) is 0 Å². The van der Waals surface area contributed by atoms with E-state index in [0.717, 1.165) is 91.5 Å². The van der Waals surface area contributed by atoms with E-state index in [1.807, 2.05) is 36.7 Å². The van der Waals surface area contributed by atoms with Crippen molar-refractivity contribution >= 4 is 27.9 Å². The summed E-state index contributed by atoms with van der Waals surface area (Å²) in [5.74, 6) is 2.86. The van der Waals surface area contributed by atoms with Crippen LogP contribution in [0.4, 0.5) is 5.82 Å². The molecule has 0 saturated carbocycles. The summed E-state index contributed by atoms with van der Waals surface area (Å²) < 4.78 is 9.77. The summed E-state index contributed by atoms with van der Waals surface area (Å²) in [5.41, 5.74) is 2.94. The average molecular weight is 519 g/mol. The van der Waals surface area contributed by atoms with Crippen LogP contribution in [0.3, 0.4) is 0 Å². The van der Waals surface area contributed by atoms with Gasteiger partial charge in [-0.15, -0.1) is 0 Å². The van der Waals surface area contributed by atoms with E-state index < -0.39 is 5.60 Å². The minimum atomic E-state index is -0.627. The first-order valence-corrected chi connectivity index (χ1v) is 13.8. The van der Waals surface area contributed by atoms with E-state index in [4.69, 9.17) is 24.8 Å². The van der Waals surface area contributed by atoms with Crippen molar-refractivity contribution in [2.24, 2.45) is 13.0 Å². The lowest BCUT2D eigenvalue weighted by molar-refractivity contribution is -0.0139. The van der Waals surface area contributed by atoms with Crippen molar-refractivity contribution in [2.75, 3.05) is 44.3 Å². The molecule has 2 aliphatic rings. The molecule has 5 heterocycles. The first kappa shape index (κ1) is 25.2. The smallest absolute Gasteiger partial charge is 0.182 e. The summed E-state index contributed by atoms with van der Waals surface area (Å²) in [4.78, 5) is 20.1. The van der Waals surface area contributed by atoms with Gasteiger partial charge in [0.15, 0.2) is 22.8 Å². The van der Waals surface area contributed by atoms with Crippen LogP contribution < -0.4 is 4.90 Å². The molecular formula is C28H38N8O2. The predicted molar refractivity (Wildman–Crippen MR) is 148 cm³/mol. The Balaban J connectivity index is 1.42. The maximum Gasteiger partial charge on any atom is 0.182 e. The van der Waals surface area contributed by atoms with E-state index in [2.05, 4.69) is 34.4 Å². The third-order valence-electron chi connectivity index (χ3n) is 8.21. The summed E-state index contributed by atoms with van der Waals surface area (Å²) in [6, 6.07) is 8.19. The Kier molecular flexibility index (Phi) is 6.57. The second-order valence-corrected chi connectivity index (χ2v) is 11.1. The van der Waals surface area contributed by atoms with Crippen LogP contribution in [0.5, 0.6) is 0 Å². The number of anilines is 1. The topological polar surface area (TPSA) is 97.4 Å². The van der Waals surface area contributed by atoms with Gasteiger partial charge >= 0.3 is 0 Å². The first-order chi connectivity index (χ1) is 18.3. The number of aromatic nitrogens is 6. The van der Waals surface area contributed by atoms with Crippen molar-refractivity contribution < 1.29 is 9.84 Å². The Morgan fingerprint density at radius 3 is 2.47 bits per heavy atom. The molecule has 0 atom stereocenters. The number of nitrogens with zero attached hydrogens (tertiary/aromatic N) is 8. The summed E-state index contributed by atoms with van der Waals surface area (Å²) in [6.45, 7) is 12.2. The zero-order chi connectivity index (χ0) is 26.4. The van der Waals surface area contributed by atoms with E-state index in [-0.39, 0.29) is 0 Å². The highest BCUT2D eigenvalue weighted by Crippen LogP contribution is 2.33. The molecule has 6 rings (SSSR count). The molecule has 0 bridgehead atoms. The van der Waals surface area contributed by atoms with Crippen molar-refractivity contribution in [3.8, 4) is 11.5 Å². The molecule has 10 nitrogen and oxygen atoms in total. The Hall–Kier alpha value is -3.08. The summed E-state index contributed by atoms with van der Waals surface area (Å²) >= 11 is 0. The minimum absolute atomic E-state index is 0.332. The van der Waals surface area contributed by atoms with Gasteiger partial charge in [-0.2, -0.15) is 5.10 Å². The maximum atomic E-state index is 10.4. The van der Waals surface area contributed by atoms with Crippen molar-refractivity contribution in [1.29, 1.82) is 0 Å². The van der Waals surface area contributed by atoms with Crippen LogP contribution in [-0.2, 0) is 24.9 Å². The highest BCUT2D eigenvalue weighted by Gasteiger charge is 2.31. The lowest BCUT2D eigenvalue weighted by Gasteiger charge is -2.37. The summed E-state index contributed by atoms with van der Waals surface area (Å²) in [7, 11) is 2.06. The van der Waals surface area contributed by atoms with Gasteiger partial charge in [0.1, 0.15) is 11.5 Å². The highest BCUT2D eigenvalue weighted by atomic mass is 16.5. The quantitative estimate of drug-likeness (QED) is 0.416. The molecule has 4 aromatic rings. The van der Waals surface area contributed by atoms with Crippen molar-refractivity contribution in [2.45, 2.75) is 52.3 Å². The molecule has 2 fully saturated rings. The zero-order valence-electron chi connectivity index (χ0n) is 22.9. The zero-order valence-corrected chi connectivity index (χ0v) is 22.9. The van der Waals surface area contributed by atoms with E-state index >= 15 is 0 Å². The van der Waals surface area contributed by atoms with Crippen LogP contribution in [0.15, 0.2) is 24.3 Å². The molecule has 0 unspecified atom stereocenters. The molecule has 1 aromatic carbocycles. The third-order valence-corrected chi connectivity index (χ3v) is 8.21. The SMILES string of the molecule is CCn1nc2ccccc2c1-c1nc(N2CCOCC2)c2nc(CN3CCC(C(C)(C)O)CC3)n(C)c2n1. The summed E-state index contributed by atoms with van der Waals surface area (Å²) in [5, 5.41) is 16.3. The Bertz CT molecular complexity index is 1440. The van der Waals surface area contributed by atoms with Gasteiger partial charge in [-0.3, -0.25) is 9.58 Å². The molecule has 0 aliphatic carbocycles.